The fraction of sp³-hybridized carbons (Fsp3) is 0.500. The van der Waals surface area contributed by atoms with Gasteiger partial charge in [-0.2, -0.15) is 0 Å². The van der Waals surface area contributed by atoms with E-state index in [1.807, 2.05) is 7.05 Å². The van der Waals surface area contributed by atoms with Gasteiger partial charge >= 0.3 is 0 Å². The predicted octanol–water partition coefficient (Wildman–Crippen LogP) is 3.03. The van der Waals surface area contributed by atoms with E-state index in [0.717, 1.165) is 6.54 Å². The molecule has 0 bridgehead atoms. The van der Waals surface area contributed by atoms with Gasteiger partial charge in [-0.25, -0.2) is 0 Å². The first-order valence-corrected chi connectivity index (χ1v) is 5.70. The number of aryl methyl sites for hydroxylation is 3. The minimum absolute atomic E-state index is 0.244. The first kappa shape index (κ1) is 12.8. The second kappa shape index (κ2) is 5.15. The number of ketones is 1. The van der Waals surface area contributed by atoms with E-state index in [1.165, 1.54) is 22.4 Å². The van der Waals surface area contributed by atoms with Crippen LogP contribution >= 0.6 is 0 Å². The molecule has 0 radical (unpaired) electrons. The summed E-state index contributed by atoms with van der Waals surface area (Å²) in [4.78, 5) is 13.1. The maximum absolute atomic E-state index is 11.0. The van der Waals surface area contributed by atoms with E-state index in [-0.39, 0.29) is 5.78 Å². The summed E-state index contributed by atoms with van der Waals surface area (Å²) in [5, 5.41) is 0. The van der Waals surface area contributed by atoms with Gasteiger partial charge in [0.1, 0.15) is 5.78 Å². The molecule has 0 N–H and O–H groups in total. The number of Topliss-reactive ketones (excluding diaryl/α,β-unsaturated/α-hetero) is 1. The number of nitrogens with zero attached hydrogens (tertiary/aromatic N) is 1. The molecule has 1 aromatic carbocycles. The molecule has 0 aliphatic carbocycles. The van der Waals surface area contributed by atoms with Crippen molar-refractivity contribution in [1.29, 1.82) is 0 Å². The summed E-state index contributed by atoms with van der Waals surface area (Å²) in [7, 11) is 2.04. The lowest BCUT2D eigenvalue weighted by atomic mass is 10.0. The second-order valence-corrected chi connectivity index (χ2v) is 4.60. The van der Waals surface area contributed by atoms with Crippen LogP contribution in [0.2, 0.25) is 0 Å². The molecular weight excluding hydrogens is 198 g/mol. The molecule has 2 nitrogen and oxygen atoms in total. The number of hydrogen-bond acceptors (Lipinski definition) is 2. The van der Waals surface area contributed by atoms with Crippen LogP contribution in [-0.2, 0) is 4.79 Å². The highest BCUT2D eigenvalue weighted by molar-refractivity contribution is 5.76. The van der Waals surface area contributed by atoms with Crippen LogP contribution in [0.15, 0.2) is 12.1 Å². The highest BCUT2D eigenvalue weighted by Crippen LogP contribution is 2.23. The third kappa shape index (κ3) is 3.09. The molecule has 88 valence electrons. The molecular formula is C14H21NO. The van der Waals surface area contributed by atoms with Gasteiger partial charge in [0.2, 0.25) is 0 Å². The monoisotopic (exact) mass is 219 g/mol. The van der Waals surface area contributed by atoms with Crippen molar-refractivity contribution in [2.75, 3.05) is 18.5 Å². The summed E-state index contributed by atoms with van der Waals surface area (Å²) in [5.74, 6) is 0.244. The van der Waals surface area contributed by atoms with Crippen LogP contribution in [0.1, 0.15) is 30.0 Å². The van der Waals surface area contributed by atoms with Crippen molar-refractivity contribution < 1.29 is 4.79 Å². The van der Waals surface area contributed by atoms with Gasteiger partial charge in [0.25, 0.3) is 0 Å². The van der Waals surface area contributed by atoms with Crippen molar-refractivity contribution in [2.45, 2.75) is 34.1 Å². The molecule has 0 aliphatic rings. The Kier molecular flexibility index (Phi) is 4.11. The van der Waals surface area contributed by atoms with E-state index in [1.54, 1.807) is 6.92 Å². The molecule has 0 spiro atoms. The lowest BCUT2D eigenvalue weighted by molar-refractivity contribution is -0.116. The van der Waals surface area contributed by atoms with Gasteiger partial charge in [0, 0.05) is 25.7 Å². The zero-order valence-corrected chi connectivity index (χ0v) is 10.9. The number of hydrogen-bond donors (Lipinski definition) is 0. The molecule has 0 saturated heterocycles. The fourth-order valence-electron chi connectivity index (χ4n) is 1.80. The zero-order valence-electron chi connectivity index (χ0n) is 10.9. The lowest BCUT2D eigenvalue weighted by Gasteiger charge is -2.22. The van der Waals surface area contributed by atoms with E-state index in [2.05, 4.69) is 37.8 Å². The quantitative estimate of drug-likeness (QED) is 0.775. The first-order chi connectivity index (χ1) is 7.41. The highest BCUT2D eigenvalue weighted by Gasteiger charge is 2.07. The SMILES string of the molecule is CC(=O)CCN(C)c1cc(C)c(C)cc1C. The predicted molar refractivity (Wildman–Crippen MR) is 69.2 cm³/mol. The molecule has 16 heavy (non-hydrogen) atoms. The van der Waals surface area contributed by atoms with Crippen molar-refractivity contribution in [2.24, 2.45) is 0 Å². The summed E-state index contributed by atoms with van der Waals surface area (Å²) >= 11 is 0. The summed E-state index contributed by atoms with van der Waals surface area (Å²) in [6, 6.07) is 4.40. The molecule has 0 heterocycles. The van der Waals surface area contributed by atoms with Crippen LogP contribution in [0.3, 0.4) is 0 Å². The fourth-order valence-corrected chi connectivity index (χ4v) is 1.80. The Morgan fingerprint density at radius 3 is 2.25 bits per heavy atom. The molecule has 0 amide bonds. The van der Waals surface area contributed by atoms with Gasteiger partial charge in [-0.15, -0.1) is 0 Å². The third-order valence-electron chi connectivity index (χ3n) is 3.02. The van der Waals surface area contributed by atoms with Crippen LogP contribution in [-0.4, -0.2) is 19.4 Å². The van der Waals surface area contributed by atoms with E-state index in [9.17, 15) is 4.79 Å². The second-order valence-electron chi connectivity index (χ2n) is 4.60. The number of anilines is 1. The van der Waals surface area contributed by atoms with Crippen molar-refractivity contribution in [3.63, 3.8) is 0 Å². The number of rotatable bonds is 4. The Morgan fingerprint density at radius 1 is 1.12 bits per heavy atom. The molecule has 2 heteroatoms. The molecule has 0 fully saturated rings. The smallest absolute Gasteiger partial charge is 0.131 e. The standard InChI is InChI=1S/C14H21NO/c1-10-8-12(3)14(9-11(10)2)15(5)7-6-13(4)16/h8-9H,6-7H2,1-5H3. The average Bonchev–Trinajstić information content (AvgIpc) is 2.20. The van der Waals surface area contributed by atoms with Crippen LogP contribution in [0.4, 0.5) is 5.69 Å². The number of carbonyl (C=O) groups is 1. The largest absolute Gasteiger partial charge is 0.374 e. The summed E-state index contributed by atoms with van der Waals surface area (Å²) < 4.78 is 0. The van der Waals surface area contributed by atoms with E-state index in [0.29, 0.717) is 6.42 Å². The van der Waals surface area contributed by atoms with Crippen molar-refractivity contribution in [3.05, 3.63) is 28.8 Å². The minimum Gasteiger partial charge on any atom is -0.374 e. The topological polar surface area (TPSA) is 20.3 Å². The average molecular weight is 219 g/mol. The highest BCUT2D eigenvalue weighted by atomic mass is 16.1. The minimum atomic E-state index is 0.244. The van der Waals surface area contributed by atoms with Gasteiger partial charge in [0.05, 0.1) is 0 Å². The molecule has 1 aromatic rings. The van der Waals surface area contributed by atoms with Gasteiger partial charge in [-0.1, -0.05) is 6.07 Å². The maximum atomic E-state index is 11.0. The van der Waals surface area contributed by atoms with Gasteiger partial charge in [-0.05, 0) is 50.5 Å². The lowest BCUT2D eigenvalue weighted by Crippen LogP contribution is -2.21. The molecule has 0 saturated carbocycles. The molecule has 0 aromatic heterocycles. The summed E-state index contributed by atoms with van der Waals surface area (Å²) in [5.41, 5.74) is 5.12. The Morgan fingerprint density at radius 2 is 1.69 bits per heavy atom. The van der Waals surface area contributed by atoms with Crippen LogP contribution in [0, 0.1) is 20.8 Å². The Bertz CT molecular complexity index is 396. The Hall–Kier alpha value is -1.31. The van der Waals surface area contributed by atoms with Crippen LogP contribution in [0.25, 0.3) is 0 Å². The Labute approximate surface area is 98.3 Å². The first-order valence-electron chi connectivity index (χ1n) is 5.70. The van der Waals surface area contributed by atoms with E-state index in [4.69, 9.17) is 0 Å². The number of benzene rings is 1. The third-order valence-corrected chi connectivity index (χ3v) is 3.02. The number of carbonyl (C=O) groups excluding carboxylic acids is 1. The molecule has 0 unspecified atom stereocenters. The van der Waals surface area contributed by atoms with Crippen LogP contribution < -0.4 is 4.90 Å². The summed E-state index contributed by atoms with van der Waals surface area (Å²) in [6.45, 7) is 8.80. The van der Waals surface area contributed by atoms with Crippen molar-refractivity contribution >= 4 is 11.5 Å². The summed E-state index contributed by atoms with van der Waals surface area (Å²) in [6.07, 6.45) is 0.614. The Balaban J connectivity index is 2.86. The van der Waals surface area contributed by atoms with E-state index < -0.39 is 0 Å². The maximum Gasteiger partial charge on any atom is 0.131 e. The normalized spacial score (nSPS) is 10.3. The molecule has 0 atom stereocenters. The van der Waals surface area contributed by atoms with Crippen LogP contribution in [0.5, 0.6) is 0 Å². The van der Waals surface area contributed by atoms with Gasteiger partial charge < -0.3 is 4.90 Å². The molecule has 0 aliphatic heterocycles. The van der Waals surface area contributed by atoms with Crippen molar-refractivity contribution in [1.82, 2.24) is 0 Å². The van der Waals surface area contributed by atoms with Gasteiger partial charge in [0.15, 0.2) is 0 Å². The molecule has 1 rings (SSSR count). The van der Waals surface area contributed by atoms with Gasteiger partial charge in [-0.3, -0.25) is 4.79 Å². The van der Waals surface area contributed by atoms with E-state index >= 15 is 0 Å². The zero-order chi connectivity index (χ0) is 12.3. The van der Waals surface area contributed by atoms with Crippen molar-refractivity contribution in [3.8, 4) is 0 Å².